The van der Waals surface area contributed by atoms with Gasteiger partial charge >= 0.3 is 11.9 Å². The summed E-state index contributed by atoms with van der Waals surface area (Å²) in [5, 5.41) is 0. The minimum Gasteiger partial charge on any atom is -0.466 e. The number of rotatable bonds is 9. The molecule has 0 bridgehead atoms. The lowest BCUT2D eigenvalue weighted by Crippen LogP contribution is -2.33. The smallest absolute Gasteiger partial charge is 0.306 e. The van der Waals surface area contributed by atoms with E-state index >= 15 is 0 Å². The number of thiol groups is 2. The van der Waals surface area contributed by atoms with Crippen molar-refractivity contribution in [3.63, 3.8) is 0 Å². The van der Waals surface area contributed by atoms with Crippen LogP contribution in [0.25, 0.3) is 0 Å². The Kier molecular flexibility index (Phi) is 9.07. The maximum atomic E-state index is 12.0. The molecular weight excluding hydrogens is 416 g/mol. The van der Waals surface area contributed by atoms with Crippen LogP contribution in [0, 0.1) is 10.8 Å². The number of ether oxygens (including phenoxy) is 2. The topological polar surface area (TPSA) is 52.6 Å². The molecule has 0 N–H and O–H groups in total. The second-order valence-corrected chi connectivity index (χ2v) is 13.1. The summed E-state index contributed by atoms with van der Waals surface area (Å²) in [5.74, 6) is -0.666. The molecule has 0 aromatic heterocycles. The number of esters is 2. The van der Waals surface area contributed by atoms with E-state index in [9.17, 15) is 9.59 Å². The number of carbonyl (C=O) groups is 2. The van der Waals surface area contributed by atoms with Crippen molar-refractivity contribution >= 4 is 37.2 Å². The lowest BCUT2D eigenvalue weighted by atomic mass is 9.72. The standard InChI is InChI=1S/C24H42O4S2/c1-21(2)7-11-23(29,12-8-21)15-17-27-19(25)5-6-20(26)28-18-16-24(30)13-9-22(3,4)10-14-24/h29-30H,5-18H2,1-4H3. The Bertz CT molecular complexity index is 528. The second kappa shape index (κ2) is 10.5. The lowest BCUT2D eigenvalue weighted by Gasteiger charge is -2.40. The van der Waals surface area contributed by atoms with Crippen molar-refractivity contribution in [2.75, 3.05) is 13.2 Å². The normalized spacial score (nSPS) is 24.1. The van der Waals surface area contributed by atoms with Gasteiger partial charge in [0.1, 0.15) is 0 Å². The van der Waals surface area contributed by atoms with Crippen LogP contribution in [0.4, 0.5) is 0 Å². The molecule has 0 spiro atoms. The highest BCUT2D eigenvalue weighted by atomic mass is 32.1. The summed E-state index contributed by atoms with van der Waals surface area (Å²) in [5.41, 5.74) is 0.785. The molecule has 0 amide bonds. The Hall–Kier alpha value is -0.360. The van der Waals surface area contributed by atoms with E-state index in [0.29, 0.717) is 24.0 Å². The molecule has 0 radical (unpaired) electrons. The van der Waals surface area contributed by atoms with Gasteiger partial charge in [0.15, 0.2) is 0 Å². The molecule has 0 saturated heterocycles. The van der Waals surface area contributed by atoms with E-state index in [2.05, 4.69) is 27.7 Å². The van der Waals surface area contributed by atoms with Gasteiger partial charge in [-0.1, -0.05) is 27.7 Å². The van der Waals surface area contributed by atoms with E-state index in [1.165, 1.54) is 0 Å². The summed E-state index contributed by atoms with van der Waals surface area (Å²) < 4.78 is 10.6. The maximum absolute atomic E-state index is 12.0. The van der Waals surface area contributed by atoms with Gasteiger partial charge in [0.25, 0.3) is 0 Å². The van der Waals surface area contributed by atoms with Crippen molar-refractivity contribution in [1.82, 2.24) is 0 Å². The molecule has 0 unspecified atom stereocenters. The monoisotopic (exact) mass is 458 g/mol. The minimum absolute atomic E-state index is 0.0358. The zero-order chi connectivity index (χ0) is 22.5. The molecule has 0 aliphatic heterocycles. The first kappa shape index (κ1) is 25.9. The van der Waals surface area contributed by atoms with Gasteiger partial charge in [-0.25, -0.2) is 0 Å². The van der Waals surface area contributed by atoms with Gasteiger partial charge in [-0.05, 0) is 75.0 Å². The average molecular weight is 459 g/mol. The van der Waals surface area contributed by atoms with Crippen molar-refractivity contribution in [3.8, 4) is 0 Å². The molecule has 2 aliphatic rings. The number of hydrogen-bond acceptors (Lipinski definition) is 6. The molecule has 0 atom stereocenters. The molecule has 174 valence electrons. The van der Waals surface area contributed by atoms with Crippen LogP contribution in [0.1, 0.15) is 105 Å². The van der Waals surface area contributed by atoms with Crippen molar-refractivity contribution in [2.24, 2.45) is 10.8 Å². The van der Waals surface area contributed by atoms with Crippen LogP contribution >= 0.6 is 25.3 Å². The first-order valence-corrected chi connectivity index (χ1v) is 12.5. The summed E-state index contributed by atoms with van der Waals surface area (Å²) in [6.07, 6.45) is 10.5. The molecule has 0 aromatic carbocycles. The van der Waals surface area contributed by atoms with Crippen molar-refractivity contribution in [1.29, 1.82) is 0 Å². The molecule has 2 fully saturated rings. The third kappa shape index (κ3) is 9.02. The zero-order valence-electron chi connectivity index (χ0n) is 19.4. The van der Waals surface area contributed by atoms with Crippen molar-refractivity contribution in [3.05, 3.63) is 0 Å². The first-order valence-electron chi connectivity index (χ1n) is 11.6. The highest BCUT2D eigenvalue weighted by Gasteiger charge is 2.36. The summed E-state index contributed by atoms with van der Waals surface area (Å²) >= 11 is 9.68. The largest absolute Gasteiger partial charge is 0.466 e. The van der Waals surface area contributed by atoms with Crippen LogP contribution in [0.2, 0.25) is 0 Å². The average Bonchev–Trinajstić information content (AvgIpc) is 2.66. The van der Waals surface area contributed by atoms with E-state index in [4.69, 9.17) is 34.7 Å². The predicted octanol–water partition coefficient (Wildman–Crippen LogP) is 6.17. The van der Waals surface area contributed by atoms with Gasteiger partial charge in [0.2, 0.25) is 0 Å². The summed E-state index contributed by atoms with van der Waals surface area (Å²) in [6, 6.07) is 0. The van der Waals surface area contributed by atoms with Crippen molar-refractivity contribution < 1.29 is 19.1 Å². The predicted molar refractivity (Wildman–Crippen MR) is 128 cm³/mol. The number of carbonyl (C=O) groups excluding carboxylic acids is 2. The Morgan fingerprint density at radius 2 is 0.933 bits per heavy atom. The lowest BCUT2D eigenvalue weighted by molar-refractivity contribution is -0.150. The molecule has 0 aromatic rings. The van der Waals surface area contributed by atoms with Gasteiger partial charge in [0, 0.05) is 9.49 Å². The Morgan fingerprint density at radius 3 is 1.23 bits per heavy atom. The summed E-state index contributed by atoms with van der Waals surface area (Å²) in [4.78, 5) is 23.9. The van der Waals surface area contributed by atoms with E-state index in [1.807, 2.05) is 0 Å². The fourth-order valence-electron chi connectivity index (χ4n) is 4.34. The summed E-state index contributed by atoms with van der Waals surface area (Å²) in [7, 11) is 0. The highest BCUT2D eigenvalue weighted by molar-refractivity contribution is 7.82. The van der Waals surface area contributed by atoms with Crippen LogP contribution in [-0.4, -0.2) is 34.6 Å². The van der Waals surface area contributed by atoms with Gasteiger partial charge in [-0.15, -0.1) is 0 Å². The molecular formula is C24H42O4S2. The molecule has 30 heavy (non-hydrogen) atoms. The quantitative estimate of drug-likeness (QED) is 0.320. The second-order valence-electron chi connectivity index (χ2n) is 11.2. The van der Waals surface area contributed by atoms with Crippen LogP contribution < -0.4 is 0 Å². The molecule has 0 heterocycles. The van der Waals surface area contributed by atoms with E-state index in [-0.39, 0.29) is 34.3 Å². The van der Waals surface area contributed by atoms with E-state index in [1.54, 1.807) is 0 Å². The third-order valence-electron chi connectivity index (χ3n) is 7.26. The molecule has 2 rings (SSSR count). The van der Waals surface area contributed by atoms with E-state index < -0.39 is 0 Å². The van der Waals surface area contributed by atoms with Crippen LogP contribution in [0.15, 0.2) is 0 Å². The fourth-order valence-corrected chi connectivity index (χ4v) is 4.97. The number of hydrogen-bond donors (Lipinski definition) is 2. The molecule has 4 nitrogen and oxygen atoms in total. The highest BCUT2D eigenvalue weighted by Crippen LogP contribution is 2.45. The first-order chi connectivity index (χ1) is 13.8. The van der Waals surface area contributed by atoms with Gasteiger partial charge in [-0.3, -0.25) is 9.59 Å². The van der Waals surface area contributed by atoms with Crippen LogP contribution in [-0.2, 0) is 19.1 Å². The maximum Gasteiger partial charge on any atom is 0.306 e. The Balaban J connectivity index is 1.55. The van der Waals surface area contributed by atoms with Gasteiger partial charge in [-0.2, -0.15) is 25.3 Å². The van der Waals surface area contributed by atoms with Crippen molar-refractivity contribution in [2.45, 2.75) is 114 Å². The van der Waals surface area contributed by atoms with Crippen LogP contribution in [0.5, 0.6) is 0 Å². The molecule has 2 aliphatic carbocycles. The Morgan fingerprint density at radius 1 is 0.633 bits per heavy atom. The minimum atomic E-state index is -0.333. The van der Waals surface area contributed by atoms with Crippen LogP contribution in [0.3, 0.4) is 0 Å². The third-order valence-corrected chi connectivity index (χ3v) is 8.60. The van der Waals surface area contributed by atoms with Gasteiger partial charge in [0.05, 0.1) is 26.1 Å². The van der Waals surface area contributed by atoms with E-state index in [0.717, 1.165) is 64.2 Å². The zero-order valence-corrected chi connectivity index (χ0v) is 21.2. The Labute approximate surface area is 194 Å². The van der Waals surface area contributed by atoms with Gasteiger partial charge < -0.3 is 9.47 Å². The molecule has 2 saturated carbocycles. The fraction of sp³-hybridized carbons (Fsp3) is 0.917. The SMILES string of the molecule is CC1(C)CCC(S)(CCOC(=O)CCC(=O)OCCC2(S)CCC(C)(C)CC2)CC1. The molecule has 6 heteroatoms. The summed E-state index contributed by atoms with van der Waals surface area (Å²) in [6.45, 7) is 9.93.